The van der Waals surface area contributed by atoms with Crippen molar-refractivity contribution in [2.75, 3.05) is 14.2 Å². The quantitative estimate of drug-likeness (QED) is 0.644. The Balaban J connectivity index is 1.74. The fourth-order valence-electron chi connectivity index (χ4n) is 3.62. The number of ether oxygens (including phenoxy) is 3. The highest BCUT2D eigenvalue weighted by Crippen LogP contribution is 2.38. The number of methoxy groups -OCH3 is 2. The summed E-state index contributed by atoms with van der Waals surface area (Å²) in [5.41, 5.74) is 3.69. The van der Waals surface area contributed by atoms with Gasteiger partial charge in [0.05, 0.1) is 19.9 Å². The largest absolute Gasteiger partial charge is 0.493 e. The summed E-state index contributed by atoms with van der Waals surface area (Å²) < 4.78 is 18.4. The van der Waals surface area contributed by atoms with Crippen molar-refractivity contribution in [2.45, 2.75) is 32.7 Å². The van der Waals surface area contributed by atoms with Gasteiger partial charge in [-0.15, -0.1) is 0 Å². The third-order valence-electron chi connectivity index (χ3n) is 5.25. The summed E-state index contributed by atoms with van der Waals surface area (Å²) in [7, 11) is 3.22. The maximum Gasteiger partial charge on any atom is 0.351 e. The summed E-state index contributed by atoms with van der Waals surface area (Å²) in [5, 5.41) is 0. The molecule has 3 aromatic rings. The molecule has 6 nitrogen and oxygen atoms in total. The number of aromatic nitrogens is 2. The second kappa shape index (κ2) is 7.62. The molecule has 0 saturated heterocycles. The van der Waals surface area contributed by atoms with Crippen LogP contribution in [0, 0.1) is 0 Å². The van der Waals surface area contributed by atoms with Crippen LogP contribution in [0.3, 0.4) is 0 Å². The van der Waals surface area contributed by atoms with E-state index in [0.717, 1.165) is 23.2 Å². The molecule has 0 N–H and O–H groups in total. The van der Waals surface area contributed by atoms with E-state index in [-0.39, 0.29) is 11.6 Å². The number of aryl methyl sites for hydroxylation is 1. The Bertz CT molecular complexity index is 1100. The summed E-state index contributed by atoms with van der Waals surface area (Å²) in [5.74, 6) is 2.67. The lowest BCUT2D eigenvalue weighted by molar-refractivity contribution is 0.354. The predicted molar refractivity (Wildman–Crippen MR) is 111 cm³/mol. The summed E-state index contributed by atoms with van der Waals surface area (Å²) in [4.78, 5) is 16.7. The Hall–Kier alpha value is -3.28. The molecule has 0 aliphatic carbocycles. The Morgan fingerprint density at radius 1 is 1.00 bits per heavy atom. The topological polar surface area (TPSA) is 62.6 Å². The van der Waals surface area contributed by atoms with Gasteiger partial charge >= 0.3 is 5.69 Å². The minimum Gasteiger partial charge on any atom is -0.493 e. The summed E-state index contributed by atoms with van der Waals surface area (Å²) in [6.45, 7) is 4.85. The molecule has 1 aromatic heterocycles. The SMILES string of the molecule is COc1cc2c(cc1OC)-c1cc(Oc3ccc(C(C)C)cc3)nc(=O)n1CC2. The van der Waals surface area contributed by atoms with Crippen LogP contribution >= 0.6 is 0 Å². The average molecular weight is 392 g/mol. The van der Waals surface area contributed by atoms with Crippen LogP contribution in [0.15, 0.2) is 47.3 Å². The monoisotopic (exact) mass is 392 g/mol. The molecule has 2 aromatic carbocycles. The second-order valence-electron chi connectivity index (χ2n) is 7.35. The highest BCUT2D eigenvalue weighted by atomic mass is 16.5. The molecule has 0 amide bonds. The van der Waals surface area contributed by atoms with Crippen LogP contribution in [0.4, 0.5) is 0 Å². The Morgan fingerprint density at radius 3 is 2.34 bits per heavy atom. The number of rotatable bonds is 5. The van der Waals surface area contributed by atoms with E-state index in [1.165, 1.54) is 5.56 Å². The van der Waals surface area contributed by atoms with E-state index in [0.29, 0.717) is 29.7 Å². The molecule has 1 aliphatic rings. The number of hydrogen-bond acceptors (Lipinski definition) is 5. The summed E-state index contributed by atoms with van der Waals surface area (Å²) >= 11 is 0. The van der Waals surface area contributed by atoms with Crippen molar-refractivity contribution < 1.29 is 14.2 Å². The zero-order valence-corrected chi connectivity index (χ0v) is 17.1. The van der Waals surface area contributed by atoms with Crippen molar-refractivity contribution in [3.8, 4) is 34.4 Å². The van der Waals surface area contributed by atoms with Gasteiger partial charge in [-0.25, -0.2) is 4.79 Å². The number of benzene rings is 2. The highest BCUT2D eigenvalue weighted by molar-refractivity contribution is 5.70. The van der Waals surface area contributed by atoms with Gasteiger partial charge < -0.3 is 14.2 Å². The summed E-state index contributed by atoms with van der Waals surface area (Å²) in [6.07, 6.45) is 0.723. The highest BCUT2D eigenvalue weighted by Gasteiger charge is 2.22. The maximum absolute atomic E-state index is 12.6. The fourth-order valence-corrected chi connectivity index (χ4v) is 3.62. The van der Waals surface area contributed by atoms with E-state index < -0.39 is 0 Å². The first-order valence-electron chi connectivity index (χ1n) is 9.65. The van der Waals surface area contributed by atoms with Crippen molar-refractivity contribution >= 4 is 0 Å². The molecule has 0 bridgehead atoms. The van der Waals surface area contributed by atoms with Gasteiger partial charge in [-0.1, -0.05) is 26.0 Å². The smallest absolute Gasteiger partial charge is 0.351 e. The van der Waals surface area contributed by atoms with Crippen LogP contribution in [0.5, 0.6) is 23.1 Å². The van der Waals surface area contributed by atoms with Gasteiger partial charge in [-0.05, 0) is 47.7 Å². The van der Waals surface area contributed by atoms with Gasteiger partial charge in [0.15, 0.2) is 11.5 Å². The van der Waals surface area contributed by atoms with Crippen LogP contribution in [0.1, 0.15) is 30.9 Å². The van der Waals surface area contributed by atoms with Crippen LogP contribution in [-0.2, 0) is 13.0 Å². The molecule has 29 heavy (non-hydrogen) atoms. The van der Waals surface area contributed by atoms with Gasteiger partial charge in [0.2, 0.25) is 5.88 Å². The normalized spacial score (nSPS) is 12.3. The van der Waals surface area contributed by atoms with Gasteiger partial charge in [0.1, 0.15) is 5.75 Å². The average Bonchev–Trinajstić information content (AvgIpc) is 2.73. The molecule has 6 heteroatoms. The molecule has 0 unspecified atom stereocenters. The molecule has 150 valence electrons. The first-order valence-corrected chi connectivity index (χ1v) is 9.65. The van der Waals surface area contributed by atoms with E-state index in [1.54, 1.807) is 18.8 Å². The Kier molecular flexibility index (Phi) is 5.01. The van der Waals surface area contributed by atoms with Gasteiger partial charge in [-0.2, -0.15) is 4.98 Å². The standard InChI is InChI=1S/C23H24N2O4/c1-14(2)15-5-7-17(8-6-15)29-22-13-19-18-12-21(28-4)20(27-3)11-16(18)9-10-25(19)23(26)24-22/h5-8,11-14H,9-10H2,1-4H3. The number of hydrogen-bond donors (Lipinski definition) is 0. The third kappa shape index (κ3) is 3.58. The lowest BCUT2D eigenvalue weighted by Crippen LogP contribution is -2.28. The molecule has 0 saturated carbocycles. The first-order chi connectivity index (χ1) is 14.0. The van der Waals surface area contributed by atoms with Crippen molar-refractivity contribution in [2.24, 2.45) is 0 Å². The minimum absolute atomic E-state index is 0.279. The van der Waals surface area contributed by atoms with Crippen molar-refractivity contribution in [3.05, 3.63) is 64.1 Å². The Morgan fingerprint density at radius 2 is 1.69 bits per heavy atom. The fraction of sp³-hybridized carbons (Fsp3) is 0.304. The van der Waals surface area contributed by atoms with Crippen LogP contribution in [-0.4, -0.2) is 23.8 Å². The molecule has 2 heterocycles. The van der Waals surface area contributed by atoms with Crippen molar-refractivity contribution in [3.63, 3.8) is 0 Å². The zero-order chi connectivity index (χ0) is 20.5. The summed E-state index contributed by atoms with van der Waals surface area (Å²) in [6, 6.07) is 13.5. The molecule has 0 spiro atoms. The Labute approximate surface area is 169 Å². The van der Waals surface area contributed by atoms with Gasteiger partial charge in [0.25, 0.3) is 0 Å². The number of nitrogens with zero attached hydrogens (tertiary/aromatic N) is 2. The van der Waals surface area contributed by atoms with E-state index >= 15 is 0 Å². The van der Waals surface area contributed by atoms with Crippen LogP contribution in [0.25, 0.3) is 11.3 Å². The van der Waals surface area contributed by atoms with E-state index in [1.807, 2.05) is 42.5 Å². The predicted octanol–water partition coefficient (Wildman–Crippen LogP) is 4.40. The van der Waals surface area contributed by atoms with E-state index in [9.17, 15) is 4.79 Å². The molecular weight excluding hydrogens is 368 g/mol. The van der Waals surface area contributed by atoms with Crippen molar-refractivity contribution in [1.82, 2.24) is 9.55 Å². The van der Waals surface area contributed by atoms with Crippen molar-refractivity contribution in [1.29, 1.82) is 0 Å². The van der Waals surface area contributed by atoms with Gasteiger partial charge in [0, 0.05) is 18.2 Å². The minimum atomic E-state index is -0.322. The molecule has 0 atom stereocenters. The lowest BCUT2D eigenvalue weighted by atomic mass is 9.97. The molecular formula is C23H24N2O4. The van der Waals surface area contributed by atoms with E-state index in [4.69, 9.17) is 14.2 Å². The van der Waals surface area contributed by atoms with Crippen LogP contribution in [0.2, 0.25) is 0 Å². The third-order valence-corrected chi connectivity index (χ3v) is 5.25. The first kappa shape index (κ1) is 19.1. The zero-order valence-electron chi connectivity index (χ0n) is 17.1. The second-order valence-corrected chi connectivity index (χ2v) is 7.35. The van der Waals surface area contributed by atoms with Crippen LogP contribution < -0.4 is 19.9 Å². The van der Waals surface area contributed by atoms with Gasteiger partial charge in [-0.3, -0.25) is 4.57 Å². The molecule has 1 aliphatic heterocycles. The molecule has 0 fully saturated rings. The maximum atomic E-state index is 12.6. The molecule has 0 radical (unpaired) electrons. The molecule has 4 rings (SSSR count). The number of fused-ring (bicyclic) bond motifs is 3. The van der Waals surface area contributed by atoms with E-state index in [2.05, 4.69) is 18.8 Å². The lowest BCUT2D eigenvalue weighted by Gasteiger charge is -2.23.